The van der Waals surface area contributed by atoms with Crippen LogP contribution in [0.25, 0.3) is 0 Å². The molecule has 0 bridgehead atoms. The summed E-state index contributed by atoms with van der Waals surface area (Å²) in [4.78, 5) is 5.69. The van der Waals surface area contributed by atoms with Crippen LogP contribution < -0.4 is 0 Å². The Hall–Kier alpha value is -1.58. The molecule has 1 aromatic rings. The first-order chi connectivity index (χ1) is 6.24. The van der Waals surface area contributed by atoms with Crippen molar-refractivity contribution in [1.82, 2.24) is 9.88 Å². The second-order valence-corrected chi connectivity index (χ2v) is 2.94. The molecule has 1 aromatic heterocycles. The molecule has 4 nitrogen and oxygen atoms in total. The average Bonchev–Trinajstić information content (AvgIpc) is 2.15. The average molecular weight is 179 g/mol. The highest BCUT2D eigenvalue weighted by molar-refractivity contribution is 5.83. The number of likely N-dealkylation sites (N-methyl/N-ethyl adjacent to an activating group) is 1. The van der Waals surface area contributed by atoms with E-state index in [1.54, 1.807) is 17.3 Å². The maximum absolute atomic E-state index is 8.69. The number of oxime groups is 1. The third-order valence-electron chi connectivity index (χ3n) is 1.74. The van der Waals surface area contributed by atoms with Crippen molar-refractivity contribution < 1.29 is 5.21 Å². The SMILES string of the molecule is CN(C)C(Cc1ccncc1)=NO. The van der Waals surface area contributed by atoms with Crippen molar-refractivity contribution in [3.05, 3.63) is 30.1 Å². The topological polar surface area (TPSA) is 48.7 Å². The highest BCUT2D eigenvalue weighted by Gasteiger charge is 2.03. The van der Waals surface area contributed by atoms with Gasteiger partial charge in [0.2, 0.25) is 0 Å². The minimum absolute atomic E-state index is 0.617. The number of rotatable bonds is 2. The molecule has 0 saturated carbocycles. The second-order valence-electron chi connectivity index (χ2n) is 2.94. The highest BCUT2D eigenvalue weighted by atomic mass is 16.4. The van der Waals surface area contributed by atoms with E-state index in [2.05, 4.69) is 10.1 Å². The van der Waals surface area contributed by atoms with Gasteiger partial charge < -0.3 is 10.1 Å². The smallest absolute Gasteiger partial charge is 0.148 e. The van der Waals surface area contributed by atoms with Crippen molar-refractivity contribution in [1.29, 1.82) is 0 Å². The molecule has 4 heteroatoms. The van der Waals surface area contributed by atoms with Gasteiger partial charge in [-0.05, 0) is 17.7 Å². The minimum Gasteiger partial charge on any atom is -0.409 e. The summed E-state index contributed by atoms with van der Waals surface area (Å²) in [5.74, 6) is 0.631. The van der Waals surface area contributed by atoms with Crippen LogP contribution in [0.5, 0.6) is 0 Å². The monoisotopic (exact) mass is 179 g/mol. The normalized spacial score (nSPS) is 11.4. The first-order valence-electron chi connectivity index (χ1n) is 4.01. The van der Waals surface area contributed by atoms with Crippen LogP contribution in [0.15, 0.2) is 29.7 Å². The van der Waals surface area contributed by atoms with Crippen molar-refractivity contribution in [2.24, 2.45) is 5.16 Å². The Kier molecular flexibility index (Phi) is 3.25. The van der Waals surface area contributed by atoms with Gasteiger partial charge in [0, 0.05) is 32.9 Å². The van der Waals surface area contributed by atoms with E-state index in [0.29, 0.717) is 12.3 Å². The van der Waals surface area contributed by atoms with Gasteiger partial charge in [0.15, 0.2) is 0 Å². The number of hydrogen-bond donors (Lipinski definition) is 1. The fourth-order valence-corrected chi connectivity index (χ4v) is 0.966. The third kappa shape index (κ3) is 2.74. The molecular formula is C9H13N3O. The summed E-state index contributed by atoms with van der Waals surface area (Å²) < 4.78 is 0. The van der Waals surface area contributed by atoms with E-state index in [-0.39, 0.29) is 0 Å². The zero-order valence-corrected chi connectivity index (χ0v) is 7.81. The summed E-state index contributed by atoms with van der Waals surface area (Å²) in [6, 6.07) is 3.80. The van der Waals surface area contributed by atoms with Gasteiger partial charge in [0.1, 0.15) is 5.84 Å². The maximum Gasteiger partial charge on any atom is 0.148 e. The van der Waals surface area contributed by atoms with Gasteiger partial charge in [-0.1, -0.05) is 5.16 Å². The zero-order valence-electron chi connectivity index (χ0n) is 7.81. The molecule has 0 aliphatic carbocycles. The molecule has 0 atom stereocenters. The Morgan fingerprint density at radius 2 is 2.08 bits per heavy atom. The van der Waals surface area contributed by atoms with Gasteiger partial charge in [-0.25, -0.2) is 0 Å². The van der Waals surface area contributed by atoms with Gasteiger partial charge >= 0.3 is 0 Å². The van der Waals surface area contributed by atoms with Gasteiger partial charge in [0.05, 0.1) is 0 Å². The van der Waals surface area contributed by atoms with Gasteiger partial charge in [-0.2, -0.15) is 0 Å². The van der Waals surface area contributed by atoms with Crippen LogP contribution in [-0.4, -0.2) is 35.0 Å². The lowest BCUT2D eigenvalue weighted by atomic mass is 10.2. The molecule has 0 fully saturated rings. The molecule has 0 aliphatic heterocycles. The fourth-order valence-electron chi connectivity index (χ4n) is 0.966. The van der Waals surface area contributed by atoms with Crippen LogP contribution in [0.1, 0.15) is 5.56 Å². The van der Waals surface area contributed by atoms with Crippen LogP contribution in [0.4, 0.5) is 0 Å². The number of nitrogens with zero attached hydrogens (tertiary/aromatic N) is 3. The molecule has 0 aromatic carbocycles. The van der Waals surface area contributed by atoms with E-state index < -0.39 is 0 Å². The summed E-state index contributed by atoms with van der Waals surface area (Å²) in [5, 5.41) is 11.9. The van der Waals surface area contributed by atoms with Crippen molar-refractivity contribution in [3.8, 4) is 0 Å². The molecule has 0 radical (unpaired) electrons. The number of amidine groups is 1. The van der Waals surface area contributed by atoms with Crippen molar-refractivity contribution >= 4 is 5.84 Å². The summed E-state index contributed by atoms with van der Waals surface area (Å²) in [6.45, 7) is 0. The molecule has 1 N–H and O–H groups in total. The third-order valence-corrected chi connectivity index (χ3v) is 1.74. The van der Waals surface area contributed by atoms with E-state index in [1.807, 2.05) is 26.2 Å². The number of aromatic nitrogens is 1. The molecular weight excluding hydrogens is 166 g/mol. The van der Waals surface area contributed by atoms with Gasteiger partial charge in [-0.15, -0.1) is 0 Å². The first-order valence-corrected chi connectivity index (χ1v) is 4.01. The summed E-state index contributed by atoms with van der Waals surface area (Å²) in [6.07, 6.45) is 4.06. The minimum atomic E-state index is 0.617. The Morgan fingerprint density at radius 1 is 1.46 bits per heavy atom. The number of pyridine rings is 1. The van der Waals surface area contributed by atoms with Crippen LogP contribution >= 0.6 is 0 Å². The summed E-state index contributed by atoms with van der Waals surface area (Å²) >= 11 is 0. The lowest BCUT2D eigenvalue weighted by Crippen LogP contribution is -2.24. The molecule has 0 unspecified atom stereocenters. The molecule has 1 heterocycles. The van der Waals surface area contributed by atoms with Crippen molar-refractivity contribution in [2.45, 2.75) is 6.42 Å². The van der Waals surface area contributed by atoms with Crippen LogP contribution in [0.3, 0.4) is 0 Å². The number of hydrogen-bond acceptors (Lipinski definition) is 3. The zero-order chi connectivity index (χ0) is 9.68. The Morgan fingerprint density at radius 3 is 2.54 bits per heavy atom. The van der Waals surface area contributed by atoms with E-state index >= 15 is 0 Å². The molecule has 0 saturated heterocycles. The van der Waals surface area contributed by atoms with Crippen LogP contribution in [0, 0.1) is 0 Å². The fraction of sp³-hybridized carbons (Fsp3) is 0.333. The maximum atomic E-state index is 8.69. The van der Waals surface area contributed by atoms with Crippen LogP contribution in [0.2, 0.25) is 0 Å². The summed E-state index contributed by atoms with van der Waals surface area (Å²) in [5.41, 5.74) is 1.08. The quantitative estimate of drug-likeness (QED) is 0.318. The van der Waals surface area contributed by atoms with E-state index in [1.165, 1.54) is 0 Å². The summed E-state index contributed by atoms with van der Waals surface area (Å²) in [7, 11) is 3.69. The molecule has 13 heavy (non-hydrogen) atoms. The predicted molar refractivity (Wildman–Crippen MR) is 50.8 cm³/mol. The Labute approximate surface area is 77.5 Å². The Balaban J connectivity index is 2.69. The molecule has 0 amide bonds. The van der Waals surface area contributed by atoms with E-state index in [4.69, 9.17) is 5.21 Å². The predicted octanol–water partition coefficient (Wildman–Crippen LogP) is 0.973. The van der Waals surface area contributed by atoms with E-state index in [0.717, 1.165) is 5.56 Å². The second kappa shape index (κ2) is 4.45. The standard InChI is InChI=1S/C9H13N3O/c1-12(2)9(11-13)7-8-3-5-10-6-4-8/h3-6,13H,7H2,1-2H3. The molecule has 70 valence electrons. The Bertz CT molecular complexity index is 282. The lowest BCUT2D eigenvalue weighted by Gasteiger charge is -2.13. The van der Waals surface area contributed by atoms with Gasteiger partial charge in [0.25, 0.3) is 0 Å². The lowest BCUT2D eigenvalue weighted by molar-refractivity contribution is 0.308. The molecule has 0 spiro atoms. The molecule has 1 rings (SSSR count). The largest absolute Gasteiger partial charge is 0.409 e. The van der Waals surface area contributed by atoms with Crippen molar-refractivity contribution in [3.63, 3.8) is 0 Å². The van der Waals surface area contributed by atoms with E-state index in [9.17, 15) is 0 Å². The van der Waals surface area contributed by atoms with Crippen LogP contribution in [-0.2, 0) is 6.42 Å². The van der Waals surface area contributed by atoms with Gasteiger partial charge in [-0.3, -0.25) is 4.98 Å². The molecule has 0 aliphatic rings. The van der Waals surface area contributed by atoms with Crippen molar-refractivity contribution in [2.75, 3.05) is 14.1 Å². The highest BCUT2D eigenvalue weighted by Crippen LogP contribution is 2.00. The first kappa shape index (κ1) is 9.51.